The van der Waals surface area contributed by atoms with Crippen LogP contribution < -0.4 is 19.8 Å². The van der Waals surface area contributed by atoms with Gasteiger partial charge in [0.2, 0.25) is 0 Å². The van der Waals surface area contributed by atoms with Crippen molar-refractivity contribution in [2.75, 3.05) is 23.3 Å². The fraction of sp³-hybridized carbons (Fsp3) is 0.100. The van der Waals surface area contributed by atoms with Crippen LogP contribution in [0, 0.1) is 0 Å². The number of methoxy groups -OCH3 is 1. The van der Waals surface area contributed by atoms with E-state index in [9.17, 15) is 18.0 Å². The van der Waals surface area contributed by atoms with E-state index in [1.165, 1.54) is 19.2 Å². The van der Waals surface area contributed by atoms with Gasteiger partial charge in [-0.25, -0.2) is 13.8 Å². The molecule has 0 aromatic heterocycles. The smallest absolute Gasteiger partial charge is 0.264 e. The first-order valence-electron chi connectivity index (χ1n) is 12.3. The number of para-hydroxylation sites is 2. The highest BCUT2D eigenvalue weighted by atomic mass is 32.2. The Morgan fingerprint density at radius 2 is 1.45 bits per heavy atom. The lowest BCUT2D eigenvalue weighted by Crippen LogP contribution is -2.40. The average molecular weight is 557 g/mol. The van der Waals surface area contributed by atoms with Crippen molar-refractivity contribution in [2.45, 2.75) is 11.8 Å². The van der Waals surface area contributed by atoms with Crippen LogP contribution in [0.25, 0.3) is 0 Å². The minimum absolute atomic E-state index is 0.0303. The third kappa shape index (κ3) is 6.72. The van der Waals surface area contributed by atoms with E-state index < -0.39 is 22.5 Å². The lowest BCUT2D eigenvalue weighted by Gasteiger charge is -2.25. The lowest BCUT2D eigenvalue weighted by molar-refractivity contribution is -0.119. The average Bonchev–Trinajstić information content (AvgIpc) is 2.99. The van der Waals surface area contributed by atoms with Crippen molar-refractivity contribution in [1.29, 1.82) is 0 Å². The second-order valence-electron chi connectivity index (χ2n) is 8.63. The molecule has 4 aromatic carbocycles. The number of anilines is 2. The number of sulfonamides is 1. The first kappa shape index (κ1) is 28.1. The van der Waals surface area contributed by atoms with Crippen LogP contribution in [0.5, 0.6) is 5.75 Å². The fourth-order valence-corrected chi connectivity index (χ4v) is 5.30. The van der Waals surface area contributed by atoms with Crippen molar-refractivity contribution in [2.24, 2.45) is 5.10 Å². The molecule has 2 N–H and O–H groups in total. The minimum Gasteiger partial charge on any atom is -0.495 e. The molecule has 0 aliphatic heterocycles. The van der Waals surface area contributed by atoms with Crippen LogP contribution >= 0.6 is 0 Å². The SMILES string of the molecule is COc1ccccc1N(CC(=O)N/N=C(/C)c1cccc(NC(=O)c2ccccc2)c1)S(=O)(=O)c1ccccc1. The third-order valence-corrected chi connectivity index (χ3v) is 7.67. The van der Waals surface area contributed by atoms with E-state index in [1.54, 1.807) is 97.9 Å². The molecule has 0 saturated carbocycles. The molecule has 0 unspecified atom stereocenters. The van der Waals surface area contributed by atoms with Gasteiger partial charge in [-0.2, -0.15) is 5.10 Å². The number of carbonyl (C=O) groups excluding carboxylic acids is 2. The molecule has 4 rings (SSSR count). The number of carbonyl (C=O) groups is 2. The number of rotatable bonds is 10. The normalized spacial score (nSPS) is 11.4. The molecule has 4 aromatic rings. The van der Waals surface area contributed by atoms with Gasteiger partial charge in [0.1, 0.15) is 12.3 Å². The van der Waals surface area contributed by atoms with E-state index in [1.807, 2.05) is 6.07 Å². The molecule has 40 heavy (non-hydrogen) atoms. The van der Waals surface area contributed by atoms with E-state index in [-0.39, 0.29) is 16.5 Å². The Labute approximate surface area is 233 Å². The van der Waals surface area contributed by atoms with Crippen molar-refractivity contribution in [3.05, 3.63) is 120 Å². The van der Waals surface area contributed by atoms with Crippen LogP contribution in [-0.2, 0) is 14.8 Å². The Bertz CT molecular complexity index is 1620. The Balaban J connectivity index is 1.52. The number of nitrogens with one attached hydrogen (secondary N) is 2. The zero-order valence-electron chi connectivity index (χ0n) is 21.9. The van der Waals surface area contributed by atoms with Crippen LogP contribution in [0.1, 0.15) is 22.8 Å². The predicted octanol–water partition coefficient (Wildman–Crippen LogP) is 4.68. The van der Waals surface area contributed by atoms with Crippen LogP contribution in [0.15, 0.2) is 119 Å². The Kier molecular flexibility index (Phi) is 8.93. The van der Waals surface area contributed by atoms with E-state index in [0.29, 0.717) is 28.3 Å². The monoisotopic (exact) mass is 556 g/mol. The Morgan fingerprint density at radius 1 is 0.825 bits per heavy atom. The number of hydrogen-bond donors (Lipinski definition) is 2. The van der Waals surface area contributed by atoms with Crippen LogP contribution in [-0.4, -0.2) is 39.6 Å². The van der Waals surface area contributed by atoms with Crippen molar-refractivity contribution in [1.82, 2.24) is 5.43 Å². The van der Waals surface area contributed by atoms with E-state index in [0.717, 1.165) is 4.31 Å². The summed E-state index contributed by atoms with van der Waals surface area (Å²) >= 11 is 0. The summed E-state index contributed by atoms with van der Waals surface area (Å²) in [6.45, 7) is 1.15. The number of amides is 2. The molecule has 0 aliphatic carbocycles. The van der Waals surface area contributed by atoms with Gasteiger partial charge in [0.25, 0.3) is 21.8 Å². The van der Waals surface area contributed by atoms with Gasteiger partial charge in [-0.15, -0.1) is 0 Å². The van der Waals surface area contributed by atoms with E-state index in [4.69, 9.17) is 4.74 Å². The summed E-state index contributed by atoms with van der Waals surface area (Å²) in [7, 11) is -2.68. The number of hydrogen-bond acceptors (Lipinski definition) is 6. The number of nitrogens with zero attached hydrogens (tertiary/aromatic N) is 2. The van der Waals surface area contributed by atoms with Crippen molar-refractivity contribution in [3.8, 4) is 5.75 Å². The molecule has 10 heteroatoms. The maximum absolute atomic E-state index is 13.5. The highest BCUT2D eigenvalue weighted by Crippen LogP contribution is 2.32. The summed E-state index contributed by atoms with van der Waals surface area (Å²) in [5, 5.41) is 7.01. The molecule has 204 valence electrons. The maximum atomic E-state index is 13.5. The Morgan fingerprint density at radius 3 is 2.15 bits per heavy atom. The third-order valence-electron chi connectivity index (χ3n) is 5.89. The topological polar surface area (TPSA) is 117 Å². The first-order chi connectivity index (χ1) is 19.3. The van der Waals surface area contributed by atoms with Gasteiger partial charge in [-0.3, -0.25) is 13.9 Å². The molecule has 0 saturated heterocycles. The quantitative estimate of drug-likeness (QED) is 0.217. The van der Waals surface area contributed by atoms with E-state index in [2.05, 4.69) is 15.8 Å². The number of ether oxygens (including phenoxy) is 1. The van der Waals surface area contributed by atoms with Gasteiger partial charge in [0.15, 0.2) is 0 Å². The van der Waals surface area contributed by atoms with Crippen molar-refractivity contribution in [3.63, 3.8) is 0 Å². The van der Waals surface area contributed by atoms with Gasteiger partial charge in [-0.05, 0) is 61.0 Å². The second-order valence-corrected chi connectivity index (χ2v) is 10.5. The van der Waals surface area contributed by atoms with Crippen LogP contribution in [0.4, 0.5) is 11.4 Å². The summed E-state index contributed by atoms with van der Waals surface area (Å²) in [5.74, 6) is -0.612. The largest absolute Gasteiger partial charge is 0.495 e. The minimum atomic E-state index is -4.11. The lowest BCUT2D eigenvalue weighted by atomic mass is 10.1. The number of hydrazone groups is 1. The molecule has 0 atom stereocenters. The molecule has 0 fully saturated rings. The summed E-state index contributed by atoms with van der Waals surface area (Å²) in [4.78, 5) is 25.5. The summed E-state index contributed by atoms with van der Waals surface area (Å²) in [6, 6.07) is 30.2. The zero-order chi connectivity index (χ0) is 28.5. The first-order valence-corrected chi connectivity index (χ1v) is 13.7. The van der Waals surface area contributed by atoms with Crippen LogP contribution in [0.2, 0.25) is 0 Å². The van der Waals surface area contributed by atoms with Crippen molar-refractivity contribution >= 4 is 38.9 Å². The molecule has 2 amide bonds. The predicted molar refractivity (Wildman–Crippen MR) is 155 cm³/mol. The standard InChI is InChI=1S/C30H28N4O5S/c1-22(24-14-11-15-25(20-24)31-30(36)23-12-5-3-6-13-23)32-33-29(35)21-34(27-18-9-10-19-28(27)39-2)40(37,38)26-16-7-4-8-17-26/h3-20H,21H2,1-2H3,(H,31,36)(H,33,35)/b32-22-. The summed E-state index contributed by atoms with van der Waals surface area (Å²) < 4.78 is 33.4. The van der Waals surface area contributed by atoms with Gasteiger partial charge in [-0.1, -0.05) is 60.7 Å². The van der Waals surface area contributed by atoms with Gasteiger partial charge in [0, 0.05) is 11.3 Å². The van der Waals surface area contributed by atoms with Gasteiger partial charge >= 0.3 is 0 Å². The molecular weight excluding hydrogens is 528 g/mol. The molecular formula is C30H28N4O5S. The maximum Gasteiger partial charge on any atom is 0.264 e. The van der Waals surface area contributed by atoms with Crippen LogP contribution in [0.3, 0.4) is 0 Å². The molecule has 9 nitrogen and oxygen atoms in total. The van der Waals surface area contributed by atoms with Gasteiger partial charge < -0.3 is 10.1 Å². The fourth-order valence-electron chi connectivity index (χ4n) is 3.85. The molecule has 0 spiro atoms. The highest BCUT2D eigenvalue weighted by molar-refractivity contribution is 7.92. The summed E-state index contributed by atoms with van der Waals surface area (Å²) in [6.07, 6.45) is 0. The second kappa shape index (κ2) is 12.7. The summed E-state index contributed by atoms with van der Waals surface area (Å²) in [5.41, 5.74) is 4.85. The molecule has 0 bridgehead atoms. The van der Waals surface area contributed by atoms with E-state index >= 15 is 0 Å². The van der Waals surface area contributed by atoms with Crippen molar-refractivity contribution < 1.29 is 22.7 Å². The molecule has 0 aliphatic rings. The molecule has 0 heterocycles. The molecule has 0 radical (unpaired) electrons. The zero-order valence-corrected chi connectivity index (χ0v) is 22.8. The highest BCUT2D eigenvalue weighted by Gasteiger charge is 2.29. The number of benzene rings is 4. The Hall–Kier alpha value is -4.96. The van der Waals surface area contributed by atoms with Gasteiger partial charge in [0.05, 0.1) is 23.4 Å².